The Hall–Kier alpha value is -3.75. The zero-order chi connectivity index (χ0) is 26.4. The van der Waals surface area contributed by atoms with E-state index in [2.05, 4.69) is 5.32 Å². The van der Waals surface area contributed by atoms with Crippen molar-refractivity contribution in [3.8, 4) is 5.75 Å². The monoisotopic (exact) mass is 532 g/mol. The summed E-state index contributed by atoms with van der Waals surface area (Å²) in [5, 5.41) is 2.91. The molecule has 0 unspecified atom stereocenters. The van der Waals surface area contributed by atoms with Crippen molar-refractivity contribution in [2.24, 2.45) is 0 Å². The third-order valence-electron chi connectivity index (χ3n) is 5.63. The van der Waals surface area contributed by atoms with Crippen molar-refractivity contribution in [3.63, 3.8) is 0 Å². The second kappa shape index (κ2) is 11.5. The van der Waals surface area contributed by atoms with Gasteiger partial charge in [0.2, 0.25) is 5.91 Å². The molecule has 0 saturated carbocycles. The van der Waals surface area contributed by atoms with Gasteiger partial charge in [0.05, 0.1) is 23.4 Å². The molecule has 0 heterocycles. The van der Waals surface area contributed by atoms with Crippen LogP contribution in [0.5, 0.6) is 5.75 Å². The molecule has 0 fully saturated rings. The molecule has 0 spiro atoms. The van der Waals surface area contributed by atoms with Crippen LogP contribution >= 0.6 is 11.8 Å². The van der Waals surface area contributed by atoms with Crippen LogP contribution in [0.15, 0.2) is 112 Å². The number of amides is 1. The first-order chi connectivity index (χ1) is 17.8. The van der Waals surface area contributed by atoms with E-state index in [0.717, 1.165) is 25.2 Å². The molecule has 6 nitrogen and oxygen atoms in total. The van der Waals surface area contributed by atoms with Crippen LogP contribution < -0.4 is 14.4 Å². The SMILES string of the molecule is COc1ccc(C)cc1N(CC(=O)Nc1ccccc1Sc1ccccc1)S(=O)(=O)c1ccc(C)cc1. The van der Waals surface area contributed by atoms with Crippen LogP contribution in [0, 0.1) is 13.8 Å². The number of hydrogen-bond donors (Lipinski definition) is 1. The fraction of sp³-hybridized carbons (Fsp3) is 0.138. The molecule has 1 amide bonds. The Morgan fingerprint density at radius 3 is 2.22 bits per heavy atom. The zero-order valence-corrected chi connectivity index (χ0v) is 22.5. The van der Waals surface area contributed by atoms with Crippen LogP contribution in [-0.4, -0.2) is 28.0 Å². The maximum absolute atomic E-state index is 13.8. The average Bonchev–Trinajstić information content (AvgIpc) is 2.89. The highest BCUT2D eigenvalue weighted by Gasteiger charge is 2.30. The summed E-state index contributed by atoms with van der Waals surface area (Å²) in [6, 6.07) is 29.1. The summed E-state index contributed by atoms with van der Waals surface area (Å²) in [5.74, 6) is -0.116. The van der Waals surface area contributed by atoms with E-state index in [0.29, 0.717) is 17.1 Å². The fourth-order valence-corrected chi connectivity index (χ4v) is 6.07. The lowest BCUT2D eigenvalue weighted by Gasteiger charge is -2.26. The van der Waals surface area contributed by atoms with Crippen LogP contribution in [0.3, 0.4) is 0 Å². The number of carbonyl (C=O) groups is 1. The molecule has 4 aromatic rings. The number of nitrogens with one attached hydrogen (secondary N) is 1. The van der Waals surface area contributed by atoms with Gasteiger partial charge in [-0.05, 0) is 67.9 Å². The van der Waals surface area contributed by atoms with Crippen LogP contribution in [-0.2, 0) is 14.8 Å². The van der Waals surface area contributed by atoms with Gasteiger partial charge in [0.15, 0.2) is 0 Å². The van der Waals surface area contributed by atoms with E-state index in [1.807, 2.05) is 68.4 Å². The third kappa shape index (κ3) is 6.34. The summed E-state index contributed by atoms with van der Waals surface area (Å²) < 4.78 is 34.2. The van der Waals surface area contributed by atoms with Gasteiger partial charge in [0.1, 0.15) is 12.3 Å². The first-order valence-corrected chi connectivity index (χ1v) is 13.9. The Morgan fingerprint density at radius 2 is 1.51 bits per heavy atom. The lowest BCUT2D eigenvalue weighted by Crippen LogP contribution is -2.38. The molecule has 0 radical (unpaired) electrons. The molecular formula is C29H28N2O4S2. The molecule has 4 aromatic carbocycles. The molecule has 8 heteroatoms. The summed E-state index contributed by atoms with van der Waals surface area (Å²) in [7, 11) is -2.60. The first-order valence-electron chi connectivity index (χ1n) is 11.6. The molecule has 190 valence electrons. The number of anilines is 2. The van der Waals surface area contributed by atoms with E-state index in [4.69, 9.17) is 4.74 Å². The van der Waals surface area contributed by atoms with Crippen molar-refractivity contribution in [1.82, 2.24) is 0 Å². The van der Waals surface area contributed by atoms with Crippen molar-refractivity contribution in [2.45, 2.75) is 28.5 Å². The van der Waals surface area contributed by atoms with E-state index < -0.39 is 22.5 Å². The zero-order valence-electron chi connectivity index (χ0n) is 20.8. The quantitative estimate of drug-likeness (QED) is 0.274. The Labute approximate surface area is 222 Å². The molecule has 0 aliphatic carbocycles. The summed E-state index contributed by atoms with van der Waals surface area (Å²) in [5.41, 5.74) is 2.67. The maximum atomic E-state index is 13.8. The number of methoxy groups -OCH3 is 1. The van der Waals surface area contributed by atoms with Crippen molar-refractivity contribution >= 4 is 39.1 Å². The van der Waals surface area contributed by atoms with E-state index >= 15 is 0 Å². The minimum Gasteiger partial charge on any atom is -0.495 e. The second-order valence-electron chi connectivity index (χ2n) is 8.46. The molecule has 0 atom stereocenters. The molecule has 37 heavy (non-hydrogen) atoms. The maximum Gasteiger partial charge on any atom is 0.264 e. The Morgan fingerprint density at radius 1 is 0.865 bits per heavy atom. The highest BCUT2D eigenvalue weighted by atomic mass is 32.2. The standard InChI is InChI=1S/C29H28N2O4S2/c1-21-13-16-24(17-14-21)37(33,34)31(26-19-22(2)15-18-27(26)35-3)20-29(32)30-25-11-7-8-12-28(25)36-23-9-5-4-6-10-23/h4-19H,20H2,1-3H3,(H,30,32). The third-order valence-corrected chi connectivity index (χ3v) is 8.49. The molecule has 0 aromatic heterocycles. The van der Waals surface area contributed by atoms with E-state index in [1.165, 1.54) is 18.9 Å². The van der Waals surface area contributed by atoms with Gasteiger partial charge in [-0.3, -0.25) is 9.10 Å². The number of rotatable bonds is 9. The van der Waals surface area contributed by atoms with Crippen molar-refractivity contribution < 1.29 is 17.9 Å². The Kier molecular flexibility index (Phi) is 8.21. The largest absolute Gasteiger partial charge is 0.495 e. The molecule has 0 aliphatic heterocycles. The average molecular weight is 533 g/mol. The van der Waals surface area contributed by atoms with E-state index in [-0.39, 0.29) is 4.90 Å². The molecular weight excluding hydrogens is 504 g/mol. The summed E-state index contributed by atoms with van der Waals surface area (Å²) in [4.78, 5) is 15.3. The van der Waals surface area contributed by atoms with Crippen molar-refractivity contribution in [1.29, 1.82) is 0 Å². The van der Waals surface area contributed by atoms with Gasteiger partial charge in [-0.2, -0.15) is 0 Å². The number of benzene rings is 4. The smallest absolute Gasteiger partial charge is 0.264 e. The van der Waals surface area contributed by atoms with Crippen LogP contribution in [0.1, 0.15) is 11.1 Å². The van der Waals surface area contributed by atoms with Gasteiger partial charge in [-0.1, -0.05) is 65.9 Å². The van der Waals surface area contributed by atoms with Crippen molar-refractivity contribution in [3.05, 3.63) is 108 Å². The van der Waals surface area contributed by atoms with E-state index in [1.54, 1.807) is 42.5 Å². The number of sulfonamides is 1. The van der Waals surface area contributed by atoms with Crippen molar-refractivity contribution in [2.75, 3.05) is 23.3 Å². The summed E-state index contributed by atoms with van der Waals surface area (Å²) >= 11 is 1.52. The fourth-order valence-electron chi connectivity index (χ4n) is 3.73. The van der Waals surface area contributed by atoms with E-state index in [9.17, 15) is 13.2 Å². The number of hydrogen-bond acceptors (Lipinski definition) is 5. The summed E-state index contributed by atoms with van der Waals surface area (Å²) in [6.07, 6.45) is 0. The molecule has 0 aliphatic rings. The second-order valence-corrected chi connectivity index (χ2v) is 11.4. The number of para-hydroxylation sites is 1. The number of aryl methyl sites for hydroxylation is 2. The Balaban J connectivity index is 1.68. The molecule has 0 saturated heterocycles. The highest BCUT2D eigenvalue weighted by Crippen LogP contribution is 2.35. The topological polar surface area (TPSA) is 75.7 Å². The molecule has 4 rings (SSSR count). The lowest BCUT2D eigenvalue weighted by atomic mass is 10.2. The van der Waals surface area contributed by atoms with Gasteiger partial charge in [0, 0.05) is 9.79 Å². The number of carbonyl (C=O) groups excluding carboxylic acids is 1. The first kappa shape index (κ1) is 26.3. The van der Waals surface area contributed by atoms with Gasteiger partial charge < -0.3 is 10.1 Å². The minimum atomic E-state index is -4.08. The van der Waals surface area contributed by atoms with Gasteiger partial charge in [0.25, 0.3) is 10.0 Å². The van der Waals surface area contributed by atoms with Gasteiger partial charge in [-0.25, -0.2) is 8.42 Å². The lowest BCUT2D eigenvalue weighted by molar-refractivity contribution is -0.114. The van der Waals surface area contributed by atoms with Crippen LogP contribution in [0.2, 0.25) is 0 Å². The predicted molar refractivity (Wildman–Crippen MR) is 149 cm³/mol. The van der Waals surface area contributed by atoms with Gasteiger partial charge >= 0.3 is 0 Å². The van der Waals surface area contributed by atoms with Crippen LogP contribution in [0.25, 0.3) is 0 Å². The Bertz CT molecular complexity index is 1490. The highest BCUT2D eigenvalue weighted by molar-refractivity contribution is 7.99. The molecule has 1 N–H and O–H groups in total. The summed E-state index contributed by atoms with van der Waals surface area (Å²) in [6.45, 7) is 3.31. The predicted octanol–water partition coefficient (Wildman–Crippen LogP) is 6.30. The van der Waals surface area contributed by atoms with Gasteiger partial charge in [-0.15, -0.1) is 0 Å². The number of ether oxygens (including phenoxy) is 1. The number of nitrogens with zero attached hydrogens (tertiary/aromatic N) is 1. The normalized spacial score (nSPS) is 11.1. The van der Waals surface area contributed by atoms with Crippen LogP contribution in [0.4, 0.5) is 11.4 Å². The minimum absolute atomic E-state index is 0.0921. The molecule has 0 bridgehead atoms.